The molecule has 0 saturated heterocycles. The Hall–Kier alpha value is -0.870. The van der Waals surface area contributed by atoms with Gasteiger partial charge in [0.25, 0.3) is 0 Å². The lowest BCUT2D eigenvalue weighted by molar-refractivity contribution is -0.139. The number of thiophene rings is 1. The second kappa shape index (κ2) is 5.46. The minimum atomic E-state index is -0.719. The molecule has 0 amide bonds. The summed E-state index contributed by atoms with van der Waals surface area (Å²) in [4.78, 5) is 14.2. The predicted octanol–water partition coefficient (Wildman–Crippen LogP) is 2.58. The average molecular weight is 239 g/mol. The molecule has 2 rings (SSSR count). The molecule has 16 heavy (non-hydrogen) atoms. The molecule has 0 spiro atoms. The van der Waals surface area contributed by atoms with Crippen LogP contribution in [0.15, 0.2) is 17.5 Å². The summed E-state index contributed by atoms with van der Waals surface area (Å²) in [6.45, 7) is 0.956. The van der Waals surface area contributed by atoms with E-state index in [9.17, 15) is 4.79 Å². The largest absolute Gasteiger partial charge is 0.480 e. The van der Waals surface area contributed by atoms with Crippen LogP contribution >= 0.6 is 11.3 Å². The van der Waals surface area contributed by atoms with E-state index in [2.05, 4.69) is 11.0 Å². The second-order valence-electron chi connectivity index (χ2n) is 4.32. The van der Waals surface area contributed by atoms with Crippen LogP contribution in [0.2, 0.25) is 0 Å². The molecule has 1 aromatic rings. The Morgan fingerprint density at radius 3 is 2.81 bits per heavy atom. The fraction of sp³-hybridized carbons (Fsp3) is 0.583. The van der Waals surface area contributed by atoms with Crippen molar-refractivity contribution in [1.82, 2.24) is 4.90 Å². The van der Waals surface area contributed by atoms with Gasteiger partial charge in [-0.05, 0) is 24.3 Å². The van der Waals surface area contributed by atoms with Crippen molar-refractivity contribution in [2.45, 2.75) is 38.3 Å². The molecule has 1 fully saturated rings. The fourth-order valence-corrected chi connectivity index (χ4v) is 3.09. The van der Waals surface area contributed by atoms with E-state index in [1.165, 1.54) is 17.7 Å². The maximum absolute atomic E-state index is 10.9. The standard InChI is InChI=1S/C12H17NO2S/c14-12(15)9-13(10-4-1-2-5-10)8-11-6-3-7-16-11/h3,6-7,10H,1-2,4-5,8-9H2,(H,14,15). The van der Waals surface area contributed by atoms with Gasteiger partial charge in [-0.1, -0.05) is 18.9 Å². The Morgan fingerprint density at radius 2 is 2.25 bits per heavy atom. The quantitative estimate of drug-likeness (QED) is 0.858. The normalized spacial score (nSPS) is 17.1. The number of hydrogen-bond donors (Lipinski definition) is 1. The van der Waals surface area contributed by atoms with Crippen LogP contribution in [0.5, 0.6) is 0 Å². The maximum Gasteiger partial charge on any atom is 0.317 e. The molecule has 0 bridgehead atoms. The van der Waals surface area contributed by atoms with Crippen molar-refractivity contribution in [3.8, 4) is 0 Å². The van der Waals surface area contributed by atoms with Gasteiger partial charge in [0, 0.05) is 17.5 Å². The minimum absolute atomic E-state index is 0.169. The van der Waals surface area contributed by atoms with E-state index in [1.54, 1.807) is 11.3 Å². The number of carboxylic acids is 1. The van der Waals surface area contributed by atoms with Crippen LogP contribution in [0, 0.1) is 0 Å². The molecule has 1 aliphatic carbocycles. The van der Waals surface area contributed by atoms with Gasteiger partial charge >= 0.3 is 5.97 Å². The van der Waals surface area contributed by atoms with Crippen molar-refractivity contribution in [3.63, 3.8) is 0 Å². The van der Waals surface area contributed by atoms with Crippen molar-refractivity contribution in [2.75, 3.05) is 6.54 Å². The van der Waals surface area contributed by atoms with Gasteiger partial charge in [-0.25, -0.2) is 0 Å². The van der Waals surface area contributed by atoms with Crippen molar-refractivity contribution in [2.24, 2.45) is 0 Å². The monoisotopic (exact) mass is 239 g/mol. The highest BCUT2D eigenvalue weighted by Gasteiger charge is 2.24. The molecule has 1 N–H and O–H groups in total. The topological polar surface area (TPSA) is 40.5 Å². The molecule has 1 saturated carbocycles. The van der Waals surface area contributed by atoms with Gasteiger partial charge in [-0.15, -0.1) is 11.3 Å². The first-order chi connectivity index (χ1) is 7.75. The summed E-state index contributed by atoms with van der Waals surface area (Å²) in [6.07, 6.45) is 4.79. The van der Waals surface area contributed by atoms with Crippen molar-refractivity contribution >= 4 is 17.3 Å². The number of carboxylic acid groups (broad SMARTS) is 1. The zero-order chi connectivity index (χ0) is 11.4. The lowest BCUT2D eigenvalue weighted by Crippen LogP contribution is -2.36. The van der Waals surface area contributed by atoms with Crippen molar-refractivity contribution in [3.05, 3.63) is 22.4 Å². The Kier molecular flexibility index (Phi) is 3.96. The summed E-state index contributed by atoms with van der Waals surface area (Å²) in [5.74, 6) is -0.719. The molecule has 0 radical (unpaired) electrons. The first kappa shape index (κ1) is 11.6. The van der Waals surface area contributed by atoms with Gasteiger partial charge in [-0.2, -0.15) is 0 Å². The third kappa shape index (κ3) is 3.06. The lowest BCUT2D eigenvalue weighted by Gasteiger charge is -2.26. The number of aliphatic carboxylic acids is 1. The number of rotatable bonds is 5. The molecule has 4 heteroatoms. The summed E-state index contributed by atoms with van der Waals surface area (Å²) >= 11 is 1.70. The van der Waals surface area contributed by atoms with Crippen LogP contribution in [-0.2, 0) is 11.3 Å². The minimum Gasteiger partial charge on any atom is -0.480 e. The van der Waals surface area contributed by atoms with E-state index < -0.39 is 5.97 Å². The van der Waals surface area contributed by atoms with Gasteiger partial charge in [0.2, 0.25) is 0 Å². The van der Waals surface area contributed by atoms with Crippen LogP contribution in [0.3, 0.4) is 0 Å². The molecular formula is C12H17NO2S. The summed E-state index contributed by atoms with van der Waals surface area (Å²) < 4.78 is 0. The number of nitrogens with zero attached hydrogens (tertiary/aromatic N) is 1. The predicted molar refractivity (Wildman–Crippen MR) is 64.6 cm³/mol. The van der Waals surface area contributed by atoms with Crippen LogP contribution in [0.1, 0.15) is 30.6 Å². The van der Waals surface area contributed by atoms with Crippen LogP contribution in [-0.4, -0.2) is 28.6 Å². The van der Waals surface area contributed by atoms with Crippen LogP contribution in [0.4, 0.5) is 0 Å². The SMILES string of the molecule is O=C(O)CN(Cc1cccs1)C1CCCC1. The highest BCUT2D eigenvalue weighted by Crippen LogP contribution is 2.25. The molecule has 0 atom stereocenters. The summed E-state index contributed by atoms with van der Waals surface area (Å²) in [7, 11) is 0. The van der Waals surface area contributed by atoms with E-state index in [4.69, 9.17) is 5.11 Å². The maximum atomic E-state index is 10.9. The van der Waals surface area contributed by atoms with Crippen LogP contribution < -0.4 is 0 Å². The van der Waals surface area contributed by atoms with E-state index in [-0.39, 0.29) is 6.54 Å². The summed E-state index contributed by atoms with van der Waals surface area (Å²) in [5, 5.41) is 11.0. The molecule has 0 unspecified atom stereocenters. The van der Waals surface area contributed by atoms with E-state index in [1.807, 2.05) is 11.4 Å². The molecule has 3 nitrogen and oxygen atoms in total. The van der Waals surface area contributed by atoms with Crippen molar-refractivity contribution < 1.29 is 9.90 Å². The zero-order valence-electron chi connectivity index (χ0n) is 9.26. The highest BCUT2D eigenvalue weighted by atomic mass is 32.1. The molecule has 1 aromatic heterocycles. The van der Waals surface area contributed by atoms with Gasteiger partial charge in [-0.3, -0.25) is 9.69 Å². The molecule has 0 aromatic carbocycles. The Bertz CT molecular complexity index is 331. The Balaban J connectivity index is 1.98. The van der Waals surface area contributed by atoms with E-state index >= 15 is 0 Å². The highest BCUT2D eigenvalue weighted by molar-refractivity contribution is 7.09. The second-order valence-corrected chi connectivity index (χ2v) is 5.35. The third-order valence-corrected chi connectivity index (χ3v) is 3.98. The van der Waals surface area contributed by atoms with Gasteiger partial charge in [0.1, 0.15) is 0 Å². The summed E-state index contributed by atoms with van der Waals surface area (Å²) in [5.41, 5.74) is 0. The number of hydrogen-bond acceptors (Lipinski definition) is 3. The lowest BCUT2D eigenvalue weighted by atomic mass is 10.2. The molecule has 88 valence electrons. The van der Waals surface area contributed by atoms with Crippen LogP contribution in [0.25, 0.3) is 0 Å². The van der Waals surface area contributed by atoms with Gasteiger partial charge in [0.05, 0.1) is 6.54 Å². The Labute approximate surface area is 99.7 Å². The molecule has 0 aliphatic heterocycles. The molecule has 1 heterocycles. The molecular weight excluding hydrogens is 222 g/mol. The zero-order valence-corrected chi connectivity index (χ0v) is 10.1. The fourth-order valence-electron chi connectivity index (χ4n) is 2.36. The molecule has 1 aliphatic rings. The average Bonchev–Trinajstić information content (AvgIpc) is 2.88. The van der Waals surface area contributed by atoms with Gasteiger partial charge < -0.3 is 5.11 Å². The first-order valence-corrected chi connectivity index (χ1v) is 6.62. The third-order valence-electron chi connectivity index (χ3n) is 3.12. The van der Waals surface area contributed by atoms with Gasteiger partial charge in [0.15, 0.2) is 0 Å². The first-order valence-electron chi connectivity index (χ1n) is 5.74. The Morgan fingerprint density at radius 1 is 1.50 bits per heavy atom. The smallest absolute Gasteiger partial charge is 0.317 e. The van der Waals surface area contributed by atoms with Crippen molar-refractivity contribution in [1.29, 1.82) is 0 Å². The summed E-state index contributed by atoms with van der Waals surface area (Å²) in [6, 6.07) is 4.57. The number of carbonyl (C=O) groups is 1. The van der Waals surface area contributed by atoms with E-state index in [0.29, 0.717) is 6.04 Å². The van der Waals surface area contributed by atoms with E-state index in [0.717, 1.165) is 19.4 Å².